The van der Waals surface area contributed by atoms with Gasteiger partial charge in [0.25, 0.3) is 0 Å². The van der Waals surface area contributed by atoms with Crippen LogP contribution in [0.5, 0.6) is 11.5 Å². The lowest BCUT2D eigenvalue weighted by Crippen LogP contribution is -2.02. The maximum atomic E-state index is 13.0. The molecule has 110 valence electrons. The molecule has 0 saturated heterocycles. The standard InChI is InChI=1S/C16H14ClFO3/c1-10(19)11-3-5-15(20-2)12(7-11)9-21-16-6-4-13(18)8-14(16)17/h3-8H,9H2,1-2H3. The van der Waals surface area contributed by atoms with Crippen molar-refractivity contribution in [3.8, 4) is 11.5 Å². The molecule has 5 heteroatoms. The molecule has 2 aromatic rings. The first-order chi connectivity index (χ1) is 10.0. The highest BCUT2D eigenvalue weighted by Crippen LogP contribution is 2.27. The minimum atomic E-state index is -0.427. The third-order valence-corrected chi connectivity index (χ3v) is 3.26. The van der Waals surface area contributed by atoms with Crippen LogP contribution in [0.15, 0.2) is 36.4 Å². The van der Waals surface area contributed by atoms with E-state index in [1.54, 1.807) is 18.2 Å². The van der Waals surface area contributed by atoms with Gasteiger partial charge in [0, 0.05) is 11.1 Å². The molecule has 0 aliphatic rings. The van der Waals surface area contributed by atoms with Crippen molar-refractivity contribution in [2.24, 2.45) is 0 Å². The van der Waals surface area contributed by atoms with Crippen LogP contribution in [-0.2, 0) is 6.61 Å². The Morgan fingerprint density at radius 1 is 1.19 bits per heavy atom. The zero-order valence-corrected chi connectivity index (χ0v) is 12.4. The average molecular weight is 309 g/mol. The van der Waals surface area contributed by atoms with Gasteiger partial charge in [0.15, 0.2) is 5.78 Å². The van der Waals surface area contributed by atoms with Crippen molar-refractivity contribution in [2.45, 2.75) is 13.5 Å². The van der Waals surface area contributed by atoms with Crippen LogP contribution in [0.4, 0.5) is 4.39 Å². The first kappa shape index (κ1) is 15.3. The van der Waals surface area contributed by atoms with E-state index in [0.717, 1.165) is 0 Å². The van der Waals surface area contributed by atoms with E-state index in [0.29, 0.717) is 22.6 Å². The van der Waals surface area contributed by atoms with Crippen LogP contribution >= 0.6 is 11.6 Å². The first-order valence-electron chi connectivity index (χ1n) is 6.27. The number of Topliss-reactive ketones (excluding diaryl/α,β-unsaturated/α-hetero) is 1. The van der Waals surface area contributed by atoms with Crippen molar-refractivity contribution < 1.29 is 18.7 Å². The number of halogens is 2. The lowest BCUT2D eigenvalue weighted by Gasteiger charge is -2.12. The summed E-state index contributed by atoms with van der Waals surface area (Å²) < 4.78 is 23.8. The summed E-state index contributed by atoms with van der Waals surface area (Å²) in [5.74, 6) is 0.508. The highest BCUT2D eigenvalue weighted by atomic mass is 35.5. The van der Waals surface area contributed by atoms with Crippen molar-refractivity contribution in [1.29, 1.82) is 0 Å². The summed E-state index contributed by atoms with van der Waals surface area (Å²) in [6.07, 6.45) is 0. The first-order valence-corrected chi connectivity index (χ1v) is 6.64. The van der Waals surface area contributed by atoms with Gasteiger partial charge in [0.2, 0.25) is 0 Å². The fraction of sp³-hybridized carbons (Fsp3) is 0.188. The van der Waals surface area contributed by atoms with Gasteiger partial charge in [0.05, 0.1) is 12.1 Å². The van der Waals surface area contributed by atoms with E-state index in [-0.39, 0.29) is 17.4 Å². The molecule has 0 heterocycles. The molecule has 0 aliphatic carbocycles. The molecule has 0 aliphatic heterocycles. The predicted octanol–water partition coefficient (Wildman–Crippen LogP) is 4.27. The number of benzene rings is 2. The van der Waals surface area contributed by atoms with E-state index in [2.05, 4.69) is 0 Å². The normalized spacial score (nSPS) is 10.3. The highest BCUT2D eigenvalue weighted by Gasteiger charge is 2.09. The molecule has 0 atom stereocenters. The quantitative estimate of drug-likeness (QED) is 0.774. The third-order valence-electron chi connectivity index (χ3n) is 2.96. The number of ketones is 1. The van der Waals surface area contributed by atoms with Gasteiger partial charge < -0.3 is 9.47 Å². The molecule has 0 bridgehead atoms. The third kappa shape index (κ3) is 3.73. The minimum Gasteiger partial charge on any atom is -0.496 e. The number of carbonyl (C=O) groups excluding carboxylic acids is 1. The number of hydrogen-bond donors (Lipinski definition) is 0. The highest BCUT2D eigenvalue weighted by molar-refractivity contribution is 6.32. The van der Waals surface area contributed by atoms with Gasteiger partial charge in [-0.2, -0.15) is 0 Å². The van der Waals surface area contributed by atoms with Crippen LogP contribution in [0, 0.1) is 5.82 Å². The molecule has 2 aromatic carbocycles. The van der Waals surface area contributed by atoms with Gasteiger partial charge in [0.1, 0.15) is 23.9 Å². The Bertz CT molecular complexity index is 671. The van der Waals surface area contributed by atoms with Crippen molar-refractivity contribution in [3.63, 3.8) is 0 Å². The molecule has 2 rings (SSSR count). The van der Waals surface area contributed by atoms with E-state index in [9.17, 15) is 9.18 Å². The van der Waals surface area contributed by atoms with Gasteiger partial charge in [-0.3, -0.25) is 4.79 Å². The maximum absolute atomic E-state index is 13.0. The summed E-state index contributed by atoms with van der Waals surface area (Å²) >= 11 is 5.90. The van der Waals surface area contributed by atoms with Gasteiger partial charge in [-0.1, -0.05) is 11.6 Å². The van der Waals surface area contributed by atoms with Crippen LogP contribution in [0.1, 0.15) is 22.8 Å². The maximum Gasteiger partial charge on any atom is 0.159 e. The Morgan fingerprint density at radius 3 is 2.52 bits per heavy atom. The Labute approximate surface area is 127 Å². The monoisotopic (exact) mass is 308 g/mol. The van der Waals surface area contributed by atoms with Crippen LogP contribution in [0.2, 0.25) is 5.02 Å². The Morgan fingerprint density at radius 2 is 1.90 bits per heavy atom. The number of methoxy groups -OCH3 is 1. The molecule has 0 aromatic heterocycles. The lowest BCUT2D eigenvalue weighted by molar-refractivity contribution is 0.101. The molecule has 0 spiro atoms. The van der Waals surface area contributed by atoms with E-state index in [1.807, 2.05) is 0 Å². The zero-order chi connectivity index (χ0) is 15.4. The Kier molecular flexibility index (Phi) is 4.81. The second-order valence-corrected chi connectivity index (χ2v) is 4.85. The fourth-order valence-electron chi connectivity index (χ4n) is 1.86. The van der Waals surface area contributed by atoms with E-state index >= 15 is 0 Å². The van der Waals surface area contributed by atoms with Crippen molar-refractivity contribution in [3.05, 3.63) is 58.4 Å². The summed E-state index contributed by atoms with van der Waals surface area (Å²) in [6.45, 7) is 1.65. The molecule has 21 heavy (non-hydrogen) atoms. The van der Waals surface area contributed by atoms with E-state index in [4.69, 9.17) is 21.1 Å². The second-order valence-electron chi connectivity index (χ2n) is 4.45. The number of hydrogen-bond acceptors (Lipinski definition) is 3. The van der Waals surface area contributed by atoms with Gasteiger partial charge in [-0.15, -0.1) is 0 Å². The fourth-order valence-corrected chi connectivity index (χ4v) is 2.08. The molecule has 0 fully saturated rings. The predicted molar refractivity (Wildman–Crippen MR) is 78.7 cm³/mol. The summed E-state index contributed by atoms with van der Waals surface area (Å²) in [4.78, 5) is 11.4. The molecule has 0 N–H and O–H groups in total. The smallest absolute Gasteiger partial charge is 0.159 e. The molecule has 0 radical (unpaired) electrons. The molecular weight excluding hydrogens is 295 g/mol. The largest absolute Gasteiger partial charge is 0.496 e. The summed E-state index contributed by atoms with van der Waals surface area (Å²) in [6, 6.07) is 9.01. The molecular formula is C16H14ClFO3. The second kappa shape index (κ2) is 6.59. The topological polar surface area (TPSA) is 35.5 Å². The molecule has 0 amide bonds. The molecule has 0 saturated carbocycles. The summed E-state index contributed by atoms with van der Waals surface area (Å²) in [5.41, 5.74) is 1.28. The molecule has 0 unspecified atom stereocenters. The minimum absolute atomic E-state index is 0.0429. The van der Waals surface area contributed by atoms with Crippen LogP contribution in [0.25, 0.3) is 0 Å². The summed E-state index contributed by atoms with van der Waals surface area (Å²) in [5, 5.41) is 0.191. The van der Waals surface area contributed by atoms with Crippen LogP contribution in [0.3, 0.4) is 0 Å². The van der Waals surface area contributed by atoms with Crippen molar-refractivity contribution in [1.82, 2.24) is 0 Å². The van der Waals surface area contributed by atoms with Gasteiger partial charge >= 0.3 is 0 Å². The van der Waals surface area contributed by atoms with Crippen LogP contribution < -0.4 is 9.47 Å². The van der Waals surface area contributed by atoms with E-state index < -0.39 is 5.82 Å². The Hall–Kier alpha value is -2.07. The number of carbonyl (C=O) groups is 1. The average Bonchev–Trinajstić information content (AvgIpc) is 2.46. The summed E-state index contributed by atoms with van der Waals surface area (Å²) in [7, 11) is 1.54. The SMILES string of the molecule is COc1ccc(C(C)=O)cc1COc1ccc(F)cc1Cl. The lowest BCUT2D eigenvalue weighted by atomic mass is 10.1. The van der Waals surface area contributed by atoms with E-state index in [1.165, 1.54) is 32.2 Å². The van der Waals surface area contributed by atoms with Crippen molar-refractivity contribution in [2.75, 3.05) is 7.11 Å². The Balaban J connectivity index is 2.22. The van der Waals surface area contributed by atoms with Crippen LogP contribution in [-0.4, -0.2) is 12.9 Å². The zero-order valence-electron chi connectivity index (χ0n) is 11.7. The van der Waals surface area contributed by atoms with Gasteiger partial charge in [-0.25, -0.2) is 4.39 Å². The number of rotatable bonds is 5. The molecule has 3 nitrogen and oxygen atoms in total. The van der Waals surface area contributed by atoms with Gasteiger partial charge in [-0.05, 0) is 43.3 Å². The number of ether oxygens (including phenoxy) is 2. The van der Waals surface area contributed by atoms with Crippen molar-refractivity contribution >= 4 is 17.4 Å².